The van der Waals surface area contributed by atoms with Gasteiger partial charge in [-0.1, -0.05) is 78.3 Å². The number of hydrogen-bond acceptors (Lipinski definition) is 4. The Hall–Kier alpha value is -4.90. The Kier molecular flexibility index (Phi) is 6.81. The number of benzene rings is 5. The molecule has 1 aliphatic rings. The van der Waals surface area contributed by atoms with E-state index in [9.17, 15) is 0 Å². The van der Waals surface area contributed by atoms with Crippen LogP contribution in [0.25, 0.3) is 47.5 Å². The van der Waals surface area contributed by atoms with Crippen LogP contribution in [0.4, 0.5) is 21.6 Å². The molecule has 238 valence electrons. The molecule has 0 aliphatic carbocycles. The monoisotopic (exact) mass is 833 g/mol. The number of fused-ring (bicyclic) bond motifs is 12. The molecule has 7 heteroatoms. The third-order valence-electron chi connectivity index (χ3n) is 9.94. The van der Waals surface area contributed by atoms with E-state index in [0.717, 1.165) is 50.1 Å². The van der Waals surface area contributed by atoms with Crippen LogP contribution in [-0.4, -0.2) is 14.4 Å². The van der Waals surface area contributed by atoms with Crippen molar-refractivity contribution in [3.63, 3.8) is 0 Å². The van der Waals surface area contributed by atoms with Crippen molar-refractivity contribution in [2.45, 2.75) is 25.4 Å². The van der Waals surface area contributed by atoms with Crippen LogP contribution in [0.1, 0.15) is 42.3 Å². The molecule has 1 atom stereocenters. The number of aromatic nitrogens is 3. The summed E-state index contributed by atoms with van der Waals surface area (Å²) in [5, 5.41) is 5.40. The van der Waals surface area contributed by atoms with E-state index in [1.165, 1.54) is 25.7 Å². The summed E-state index contributed by atoms with van der Waals surface area (Å²) in [4.78, 5) is 11.6. The van der Waals surface area contributed by atoms with Gasteiger partial charge in [0.25, 0.3) is 0 Å². The van der Waals surface area contributed by atoms with Crippen LogP contribution in [0.2, 0.25) is 0 Å². The van der Waals surface area contributed by atoms with Gasteiger partial charge in [0.05, 0.1) is 5.65 Å². The molecule has 1 aliphatic heterocycles. The first-order valence-corrected chi connectivity index (χ1v) is 16.9. The van der Waals surface area contributed by atoms with Gasteiger partial charge in [0.2, 0.25) is 0 Å². The first kappa shape index (κ1) is 30.2. The van der Waals surface area contributed by atoms with E-state index in [1.54, 1.807) is 12.4 Å². The molecule has 9 aromatic rings. The number of thiophene rings is 1. The molecule has 1 unspecified atom stereocenters. The average Bonchev–Trinajstić information content (AvgIpc) is 3.77. The maximum Gasteiger partial charge on any atom is 2.00 e. The SMILES string of the molecule is CC1(C)c2ccc(C(F)c3[c-]c4c(cc3)c3ccccc3n3ccnc43)[c-]c2N(c2ccccn2)c2ccc3sc4ccccc4c3c21.[Pt+2]. The standard InChI is InChI=1S/C42H27FN4S.Pt/c1-42(2)31-17-15-26(40(43)25-14-16-27-28-9-3-5-11-32(28)46-22-21-45-41(46)30(27)23-25)24-34(31)47(37-13-7-8-20-44-37)33-18-19-36-38(39(33)42)29-10-4-6-12-35(29)48-36;/h3-22,40H,1-2H3;/q-2;+2. The van der Waals surface area contributed by atoms with Gasteiger partial charge < -0.3 is 9.30 Å². The van der Waals surface area contributed by atoms with Crippen LogP contribution in [0.3, 0.4) is 0 Å². The molecule has 0 fully saturated rings. The van der Waals surface area contributed by atoms with E-state index >= 15 is 4.39 Å². The molecule has 0 radical (unpaired) electrons. The van der Waals surface area contributed by atoms with Crippen molar-refractivity contribution in [2.75, 3.05) is 4.90 Å². The Balaban J connectivity index is 0.00000325. The molecule has 0 bridgehead atoms. The minimum absolute atomic E-state index is 0. The molecule has 4 nitrogen and oxygen atoms in total. The molecular weight excluding hydrogens is 807 g/mol. The first-order valence-electron chi connectivity index (χ1n) is 16.1. The molecule has 0 saturated carbocycles. The Morgan fingerprint density at radius 3 is 2.37 bits per heavy atom. The second-order valence-corrected chi connectivity index (χ2v) is 14.0. The number of pyridine rings is 2. The van der Waals surface area contributed by atoms with Crippen molar-refractivity contribution in [1.29, 1.82) is 0 Å². The fraction of sp³-hybridized carbons (Fsp3) is 0.0952. The summed E-state index contributed by atoms with van der Waals surface area (Å²) in [6, 6.07) is 42.0. The van der Waals surface area contributed by atoms with Crippen LogP contribution in [-0.2, 0) is 26.5 Å². The molecule has 5 heterocycles. The van der Waals surface area contributed by atoms with E-state index in [4.69, 9.17) is 4.98 Å². The number of rotatable bonds is 3. The molecule has 0 N–H and O–H groups in total. The van der Waals surface area contributed by atoms with Crippen molar-refractivity contribution in [1.82, 2.24) is 14.4 Å². The van der Waals surface area contributed by atoms with E-state index in [1.807, 2.05) is 70.5 Å². The van der Waals surface area contributed by atoms with Gasteiger partial charge in [-0.2, -0.15) is 18.2 Å². The van der Waals surface area contributed by atoms with Gasteiger partial charge >= 0.3 is 21.1 Å². The van der Waals surface area contributed by atoms with Crippen molar-refractivity contribution in [2.24, 2.45) is 0 Å². The fourth-order valence-electron chi connectivity index (χ4n) is 7.75. The second-order valence-electron chi connectivity index (χ2n) is 13.0. The zero-order chi connectivity index (χ0) is 32.1. The van der Waals surface area contributed by atoms with E-state index in [-0.39, 0.29) is 26.5 Å². The third-order valence-corrected chi connectivity index (χ3v) is 11.1. The van der Waals surface area contributed by atoms with E-state index < -0.39 is 6.17 Å². The zero-order valence-corrected chi connectivity index (χ0v) is 29.6. The molecule has 49 heavy (non-hydrogen) atoms. The van der Waals surface area contributed by atoms with Gasteiger partial charge in [-0.25, -0.2) is 9.37 Å². The summed E-state index contributed by atoms with van der Waals surface area (Å²) in [7, 11) is 0. The third kappa shape index (κ3) is 4.30. The maximum absolute atomic E-state index is 16.8. The average molecular weight is 834 g/mol. The number of hydrogen-bond donors (Lipinski definition) is 0. The maximum atomic E-state index is 16.8. The van der Waals surface area contributed by atoms with Crippen molar-refractivity contribution < 1.29 is 25.5 Å². The topological polar surface area (TPSA) is 33.4 Å². The van der Waals surface area contributed by atoms with Gasteiger partial charge in [0.1, 0.15) is 12.0 Å². The molecule has 0 saturated heterocycles. The van der Waals surface area contributed by atoms with Crippen molar-refractivity contribution in [3.05, 3.63) is 156 Å². The zero-order valence-electron chi connectivity index (χ0n) is 26.5. The summed E-state index contributed by atoms with van der Waals surface area (Å²) in [6.45, 7) is 4.54. The predicted octanol–water partition coefficient (Wildman–Crippen LogP) is 11.2. The van der Waals surface area contributed by atoms with Crippen molar-refractivity contribution >= 4 is 76.0 Å². The number of imidazole rings is 1. The minimum Gasteiger partial charge on any atom is -0.340 e. The van der Waals surface area contributed by atoms with Gasteiger partial charge in [-0.15, -0.1) is 40.7 Å². The molecule has 4 aromatic heterocycles. The number of nitrogens with zero attached hydrogens (tertiary/aromatic N) is 4. The van der Waals surface area contributed by atoms with Gasteiger partial charge in [-0.3, -0.25) is 4.98 Å². The van der Waals surface area contributed by atoms with Crippen LogP contribution >= 0.6 is 11.3 Å². The first-order chi connectivity index (χ1) is 23.5. The quantitative estimate of drug-likeness (QED) is 0.131. The minimum atomic E-state index is -1.44. The number of anilines is 3. The molecular formula is C42H27FN4PtS. The van der Waals surface area contributed by atoms with Crippen molar-refractivity contribution in [3.8, 4) is 0 Å². The smallest absolute Gasteiger partial charge is 0.340 e. The normalized spacial score (nSPS) is 14.3. The predicted molar refractivity (Wildman–Crippen MR) is 195 cm³/mol. The van der Waals surface area contributed by atoms with Gasteiger partial charge in [0, 0.05) is 50.0 Å². The summed E-state index contributed by atoms with van der Waals surface area (Å²) < 4.78 is 21.4. The molecule has 10 rings (SSSR count). The Morgan fingerprint density at radius 2 is 1.51 bits per heavy atom. The Morgan fingerprint density at radius 1 is 0.735 bits per heavy atom. The molecule has 0 amide bonds. The van der Waals surface area contributed by atoms with E-state index in [0.29, 0.717) is 11.1 Å². The molecule has 5 aromatic carbocycles. The fourth-order valence-corrected chi connectivity index (χ4v) is 8.86. The summed E-state index contributed by atoms with van der Waals surface area (Å²) in [5.74, 6) is 0.768. The summed E-state index contributed by atoms with van der Waals surface area (Å²) in [5.41, 5.74) is 6.51. The van der Waals surface area contributed by atoms with E-state index in [2.05, 4.69) is 90.5 Å². The Bertz CT molecular complexity index is 2750. The molecule has 0 spiro atoms. The van der Waals surface area contributed by atoms with Crippen LogP contribution < -0.4 is 4.90 Å². The number of alkyl halides is 1. The Labute approximate surface area is 300 Å². The largest absolute Gasteiger partial charge is 2.00 e. The van der Waals surface area contributed by atoms with Crippen LogP contribution in [0, 0.1) is 12.1 Å². The number of halogens is 1. The van der Waals surface area contributed by atoms with Crippen LogP contribution in [0.5, 0.6) is 0 Å². The summed E-state index contributed by atoms with van der Waals surface area (Å²) in [6.07, 6.45) is 4.09. The van der Waals surface area contributed by atoms with Crippen LogP contribution in [0.15, 0.2) is 122 Å². The van der Waals surface area contributed by atoms with Gasteiger partial charge in [-0.05, 0) is 52.8 Å². The number of para-hydroxylation sites is 1. The second kappa shape index (κ2) is 11.1. The summed E-state index contributed by atoms with van der Waals surface area (Å²) >= 11 is 1.82. The van der Waals surface area contributed by atoms with Gasteiger partial charge in [0.15, 0.2) is 0 Å².